The molecule has 1 atom stereocenters. The largest absolute Gasteiger partial charge is 0.469 e. The van der Waals surface area contributed by atoms with Gasteiger partial charge in [-0.15, -0.1) is 0 Å². The Kier molecular flexibility index (Phi) is 6.19. The number of benzene rings is 1. The summed E-state index contributed by atoms with van der Waals surface area (Å²) in [5.41, 5.74) is 1.56. The molecular formula is C18H23N3O3. The lowest BCUT2D eigenvalue weighted by Crippen LogP contribution is -2.36. The molecule has 0 N–H and O–H groups in total. The highest BCUT2D eigenvalue weighted by Crippen LogP contribution is 2.21. The number of carbonyl (C=O) groups excluding carboxylic acids is 2. The van der Waals surface area contributed by atoms with E-state index in [4.69, 9.17) is 0 Å². The van der Waals surface area contributed by atoms with Crippen molar-refractivity contribution < 1.29 is 14.3 Å². The summed E-state index contributed by atoms with van der Waals surface area (Å²) in [6.07, 6.45) is 1.000. The maximum absolute atomic E-state index is 12.4. The minimum Gasteiger partial charge on any atom is -0.469 e. The van der Waals surface area contributed by atoms with Crippen molar-refractivity contribution in [1.29, 1.82) is 5.26 Å². The van der Waals surface area contributed by atoms with Crippen LogP contribution in [-0.4, -0.2) is 50.1 Å². The van der Waals surface area contributed by atoms with Gasteiger partial charge >= 0.3 is 5.97 Å². The van der Waals surface area contributed by atoms with Crippen molar-refractivity contribution in [3.63, 3.8) is 0 Å². The van der Waals surface area contributed by atoms with Gasteiger partial charge in [-0.2, -0.15) is 5.26 Å². The number of rotatable bonds is 4. The molecule has 1 saturated heterocycles. The van der Waals surface area contributed by atoms with Gasteiger partial charge in [-0.1, -0.05) is 19.1 Å². The molecule has 1 aromatic rings. The van der Waals surface area contributed by atoms with Gasteiger partial charge in [0.1, 0.15) is 6.07 Å². The van der Waals surface area contributed by atoms with Crippen molar-refractivity contribution in [2.24, 2.45) is 5.92 Å². The lowest BCUT2D eigenvalue weighted by Gasteiger charge is -2.25. The lowest BCUT2D eigenvalue weighted by molar-refractivity contribution is -0.148. The van der Waals surface area contributed by atoms with Crippen LogP contribution in [0.1, 0.15) is 25.3 Å². The molecule has 1 heterocycles. The Hall–Kier alpha value is -2.55. The van der Waals surface area contributed by atoms with Crippen LogP contribution in [0.2, 0.25) is 0 Å². The Balaban J connectivity index is 1.99. The molecule has 24 heavy (non-hydrogen) atoms. The number of anilines is 1. The quantitative estimate of drug-likeness (QED) is 0.788. The van der Waals surface area contributed by atoms with Gasteiger partial charge in [0.15, 0.2) is 0 Å². The number of hydrogen-bond donors (Lipinski definition) is 0. The zero-order valence-electron chi connectivity index (χ0n) is 14.2. The number of esters is 1. The molecule has 0 spiro atoms. The number of nitrogens with zero attached hydrogens (tertiary/aromatic N) is 3. The molecule has 2 rings (SSSR count). The first-order valence-electron chi connectivity index (χ1n) is 8.16. The second-order valence-electron chi connectivity index (χ2n) is 5.98. The molecule has 0 aliphatic carbocycles. The SMILES string of the molecule is COC(=O)C(C)CC(=O)N1CCCN(c2ccccc2C#N)CC1. The van der Waals surface area contributed by atoms with Crippen LogP contribution in [0.15, 0.2) is 24.3 Å². The molecular weight excluding hydrogens is 306 g/mol. The second kappa shape index (κ2) is 8.34. The van der Waals surface area contributed by atoms with E-state index in [0.29, 0.717) is 25.2 Å². The Labute approximate surface area is 142 Å². The van der Waals surface area contributed by atoms with Gasteiger partial charge in [0.2, 0.25) is 5.91 Å². The predicted octanol–water partition coefficient (Wildman–Crippen LogP) is 1.80. The van der Waals surface area contributed by atoms with Crippen molar-refractivity contribution in [2.45, 2.75) is 19.8 Å². The van der Waals surface area contributed by atoms with Gasteiger partial charge < -0.3 is 14.5 Å². The number of carbonyl (C=O) groups is 2. The van der Waals surface area contributed by atoms with E-state index in [9.17, 15) is 14.9 Å². The maximum atomic E-state index is 12.4. The molecule has 1 aromatic carbocycles. The van der Waals surface area contributed by atoms with Crippen molar-refractivity contribution >= 4 is 17.6 Å². The molecule has 6 heteroatoms. The highest BCUT2D eigenvalue weighted by Gasteiger charge is 2.24. The van der Waals surface area contributed by atoms with Gasteiger partial charge in [-0.25, -0.2) is 0 Å². The summed E-state index contributed by atoms with van der Waals surface area (Å²) in [5.74, 6) is -0.813. The smallest absolute Gasteiger partial charge is 0.308 e. The molecule has 1 amide bonds. The third-order valence-electron chi connectivity index (χ3n) is 4.30. The number of methoxy groups -OCH3 is 1. The summed E-state index contributed by atoms with van der Waals surface area (Å²) in [6, 6.07) is 9.74. The van der Waals surface area contributed by atoms with Crippen LogP contribution >= 0.6 is 0 Å². The molecule has 1 fully saturated rings. The number of hydrogen-bond acceptors (Lipinski definition) is 5. The van der Waals surface area contributed by atoms with Crippen molar-refractivity contribution in [3.05, 3.63) is 29.8 Å². The number of nitriles is 1. The van der Waals surface area contributed by atoms with Crippen LogP contribution in [0.5, 0.6) is 0 Å². The molecule has 0 saturated carbocycles. The first-order chi connectivity index (χ1) is 11.6. The summed E-state index contributed by atoms with van der Waals surface area (Å²) in [5, 5.41) is 9.25. The zero-order chi connectivity index (χ0) is 17.5. The average molecular weight is 329 g/mol. The summed E-state index contributed by atoms with van der Waals surface area (Å²) in [6.45, 7) is 4.44. The van der Waals surface area contributed by atoms with Gasteiger partial charge in [0.05, 0.1) is 24.3 Å². The minimum absolute atomic E-state index is 0.0247. The zero-order valence-corrected chi connectivity index (χ0v) is 14.2. The van der Waals surface area contributed by atoms with Crippen LogP contribution in [0, 0.1) is 17.2 Å². The Morgan fingerprint density at radius 2 is 2.00 bits per heavy atom. The third kappa shape index (κ3) is 4.25. The minimum atomic E-state index is -0.429. The van der Waals surface area contributed by atoms with Gasteiger partial charge in [0, 0.05) is 32.6 Å². The van der Waals surface area contributed by atoms with Crippen LogP contribution in [0.4, 0.5) is 5.69 Å². The lowest BCUT2D eigenvalue weighted by atomic mass is 10.1. The van der Waals surface area contributed by atoms with Gasteiger partial charge in [0.25, 0.3) is 0 Å². The molecule has 1 aliphatic heterocycles. The monoisotopic (exact) mass is 329 g/mol. The van der Waals surface area contributed by atoms with Crippen LogP contribution in [0.25, 0.3) is 0 Å². The van der Waals surface area contributed by atoms with Crippen molar-refractivity contribution in [2.75, 3.05) is 38.2 Å². The van der Waals surface area contributed by atoms with Crippen molar-refractivity contribution in [1.82, 2.24) is 4.90 Å². The van der Waals surface area contributed by atoms with Gasteiger partial charge in [-0.3, -0.25) is 9.59 Å². The summed E-state index contributed by atoms with van der Waals surface area (Å²) < 4.78 is 4.68. The molecule has 0 bridgehead atoms. The fraction of sp³-hybridized carbons (Fsp3) is 0.500. The van der Waals surface area contributed by atoms with Gasteiger partial charge in [-0.05, 0) is 18.6 Å². The van der Waals surface area contributed by atoms with Crippen LogP contribution in [-0.2, 0) is 14.3 Å². The van der Waals surface area contributed by atoms with E-state index in [2.05, 4.69) is 15.7 Å². The first kappa shape index (κ1) is 17.8. The molecule has 0 radical (unpaired) electrons. The fourth-order valence-electron chi connectivity index (χ4n) is 2.93. The summed E-state index contributed by atoms with van der Waals surface area (Å²) in [4.78, 5) is 27.8. The Morgan fingerprint density at radius 3 is 2.71 bits per heavy atom. The molecule has 128 valence electrons. The average Bonchev–Trinajstić information content (AvgIpc) is 2.86. The molecule has 1 unspecified atom stereocenters. The highest BCUT2D eigenvalue weighted by atomic mass is 16.5. The van der Waals surface area contributed by atoms with E-state index >= 15 is 0 Å². The first-order valence-corrected chi connectivity index (χ1v) is 8.16. The second-order valence-corrected chi connectivity index (χ2v) is 5.98. The van der Waals surface area contributed by atoms with E-state index in [0.717, 1.165) is 18.7 Å². The standard InChI is InChI=1S/C18H23N3O3/c1-14(18(23)24-2)12-17(22)21-9-5-8-20(10-11-21)16-7-4-3-6-15(16)13-19/h3-4,6-7,14H,5,8-12H2,1-2H3. The Morgan fingerprint density at radius 1 is 1.25 bits per heavy atom. The number of ether oxygens (including phenoxy) is 1. The third-order valence-corrected chi connectivity index (χ3v) is 4.30. The predicted molar refractivity (Wildman–Crippen MR) is 90.4 cm³/mol. The van der Waals surface area contributed by atoms with E-state index < -0.39 is 5.92 Å². The summed E-state index contributed by atoms with van der Waals surface area (Å²) >= 11 is 0. The van der Waals surface area contributed by atoms with Crippen molar-refractivity contribution in [3.8, 4) is 6.07 Å². The summed E-state index contributed by atoms with van der Waals surface area (Å²) in [7, 11) is 1.33. The molecule has 6 nitrogen and oxygen atoms in total. The molecule has 0 aromatic heterocycles. The number of amides is 1. The van der Waals surface area contributed by atoms with Crippen LogP contribution < -0.4 is 4.90 Å². The van der Waals surface area contributed by atoms with E-state index in [1.54, 1.807) is 17.9 Å². The highest BCUT2D eigenvalue weighted by molar-refractivity contribution is 5.82. The van der Waals surface area contributed by atoms with E-state index in [-0.39, 0.29) is 18.3 Å². The maximum Gasteiger partial charge on any atom is 0.308 e. The topological polar surface area (TPSA) is 73.6 Å². The van der Waals surface area contributed by atoms with E-state index in [1.165, 1.54) is 7.11 Å². The fourth-order valence-corrected chi connectivity index (χ4v) is 2.93. The Bertz CT molecular complexity index is 639. The number of para-hydroxylation sites is 1. The van der Waals surface area contributed by atoms with Crippen LogP contribution in [0.3, 0.4) is 0 Å². The van der Waals surface area contributed by atoms with E-state index in [1.807, 2.05) is 18.2 Å². The molecule has 1 aliphatic rings. The normalized spacial score (nSPS) is 16.0.